The lowest BCUT2D eigenvalue weighted by atomic mass is 9.78. The van der Waals surface area contributed by atoms with Crippen molar-refractivity contribution in [2.45, 2.75) is 38.2 Å². The predicted octanol–water partition coefficient (Wildman–Crippen LogP) is 3.02. The fourth-order valence-corrected chi connectivity index (χ4v) is 3.29. The van der Waals surface area contributed by atoms with Gasteiger partial charge in [0.2, 0.25) is 0 Å². The van der Waals surface area contributed by atoms with Crippen LogP contribution >= 0.6 is 0 Å². The number of carbonyl (C=O) groups excluding carboxylic acids is 2. The fourth-order valence-electron chi connectivity index (χ4n) is 3.29. The van der Waals surface area contributed by atoms with E-state index in [2.05, 4.69) is 12.2 Å². The lowest BCUT2D eigenvalue weighted by Gasteiger charge is -2.37. The van der Waals surface area contributed by atoms with Crippen LogP contribution in [-0.2, 0) is 14.3 Å². The van der Waals surface area contributed by atoms with E-state index in [0.29, 0.717) is 30.2 Å². The maximum absolute atomic E-state index is 12.8. The summed E-state index contributed by atoms with van der Waals surface area (Å²) in [6.07, 6.45) is 3.45. The van der Waals surface area contributed by atoms with Gasteiger partial charge in [0.15, 0.2) is 0 Å². The van der Waals surface area contributed by atoms with Gasteiger partial charge in [0.1, 0.15) is 16.9 Å². The maximum Gasteiger partial charge on any atom is 0.341 e. The van der Waals surface area contributed by atoms with E-state index in [1.165, 1.54) is 14.2 Å². The molecule has 1 aromatic carbocycles. The van der Waals surface area contributed by atoms with E-state index in [9.17, 15) is 9.59 Å². The third-order valence-electron chi connectivity index (χ3n) is 4.62. The molecule has 0 bridgehead atoms. The molecule has 1 saturated carbocycles. The summed E-state index contributed by atoms with van der Waals surface area (Å²) in [5, 5.41) is 2.87. The molecule has 6 nitrogen and oxygen atoms in total. The predicted molar refractivity (Wildman–Crippen MR) is 90.3 cm³/mol. The molecule has 0 aromatic heterocycles. The first kappa shape index (κ1) is 18.3. The monoisotopic (exact) mass is 335 g/mol. The summed E-state index contributed by atoms with van der Waals surface area (Å²) in [5.41, 5.74) is -0.0413. The van der Waals surface area contributed by atoms with E-state index in [1.54, 1.807) is 25.3 Å². The molecule has 1 aromatic rings. The zero-order valence-electron chi connectivity index (χ0n) is 14.7. The van der Waals surface area contributed by atoms with Gasteiger partial charge in [0.05, 0.1) is 14.2 Å². The molecule has 0 unspecified atom stereocenters. The van der Waals surface area contributed by atoms with Gasteiger partial charge in [-0.3, -0.25) is 4.79 Å². The zero-order valence-corrected chi connectivity index (χ0v) is 14.7. The largest absolute Gasteiger partial charge is 0.496 e. The summed E-state index contributed by atoms with van der Waals surface area (Å²) in [6, 6.07) is 4.88. The molecule has 0 aliphatic heterocycles. The van der Waals surface area contributed by atoms with Crippen molar-refractivity contribution < 1.29 is 23.8 Å². The molecule has 132 valence electrons. The van der Waals surface area contributed by atoms with Crippen LogP contribution in [0.3, 0.4) is 0 Å². The Kier molecular flexibility index (Phi) is 5.83. The van der Waals surface area contributed by atoms with Crippen LogP contribution in [0.5, 0.6) is 5.75 Å². The molecule has 0 radical (unpaired) electrons. The van der Waals surface area contributed by atoms with Crippen molar-refractivity contribution in [3.63, 3.8) is 0 Å². The smallest absolute Gasteiger partial charge is 0.341 e. The second-order valence-electron chi connectivity index (χ2n) is 6.26. The van der Waals surface area contributed by atoms with E-state index < -0.39 is 11.6 Å². The number of amides is 1. The van der Waals surface area contributed by atoms with Crippen LogP contribution in [0.15, 0.2) is 18.2 Å². The van der Waals surface area contributed by atoms with Gasteiger partial charge in [-0.2, -0.15) is 0 Å². The van der Waals surface area contributed by atoms with Crippen LogP contribution in [0.1, 0.15) is 43.0 Å². The molecule has 1 amide bonds. The summed E-state index contributed by atoms with van der Waals surface area (Å²) in [7, 11) is 4.35. The number of benzene rings is 1. The number of hydrogen-bond donors (Lipinski definition) is 1. The molecule has 2 rings (SSSR count). The zero-order chi connectivity index (χ0) is 17.7. The van der Waals surface area contributed by atoms with Crippen molar-refractivity contribution in [3.05, 3.63) is 23.8 Å². The van der Waals surface area contributed by atoms with Crippen LogP contribution in [0.2, 0.25) is 0 Å². The summed E-state index contributed by atoms with van der Waals surface area (Å²) < 4.78 is 15.5. The van der Waals surface area contributed by atoms with Gasteiger partial charge in [-0.05, 0) is 43.4 Å². The molecule has 24 heavy (non-hydrogen) atoms. The Labute approximate surface area is 142 Å². The minimum Gasteiger partial charge on any atom is -0.496 e. The van der Waals surface area contributed by atoms with E-state index in [4.69, 9.17) is 14.2 Å². The first-order valence-corrected chi connectivity index (χ1v) is 8.08. The third kappa shape index (κ3) is 3.70. The van der Waals surface area contributed by atoms with Gasteiger partial charge in [0.25, 0.3) is 5.91 Å². The van der Waals surface area contributed by atoms with Crippen LogP contribution < -0.4 is 10.1 Å². The Bertz CT molecular complexity index is 615. The standard InChI is InChI=1S/C18H25NO5/c1-12-6-5-9-18(11-12,24-4)17(21)19-13-7-8-15(22-2)14(10-13)16(20)23-3/h7-8,10,12H,5-6,9,11H2,1-4H3,(H,19,21)/t12-,18+/m0/s1. The Morgan fingerprint density at radius 3 is 2.58 bits per heavy atom. The minimum absolute atomic E-state index is 0.183. The van der Waals surface area contributed by atoms with Crippen LogP contribution in [-0.4, -0.2) is 38.8 Å². The Balaban J connectivity index is 2.23. The summed E-state index contributed by atoms with van der Waals surface area (Å²) in [4.78, 5) is 24.6. The van der Waals surface area contributed by atoms with E-state index in [1.807, 2.05) is 0 Å². The van der Waals surface area contributed by atoms with Gasteiger partial charge >= 0.3 is 5.97 Å². The lowest BCUT2D eigenvalue weighted by Crippen LogP contribution is -2.47. The van der Waals surface area contributed by atoms with Crippen molar-refractivity contribution >= 4 is 17.6 Å². The van der Waals surface area contributed by atoms with Crippen LogP contribution in [0.4, 0.5) is 5.69 Å². The van der Waals surface area contributed by atoms with Gasteiger partial charge in [0, 0.05) is 12.8 Å². The van der Waals surface area contributed by atoms with Crippen molar-refractivity contribution in [2.75, 3.05) is 26.6 Å². The molecule has 1 fully saturated rings. The highest BCUT2D eigenvalue weighted by Crippen LogP contribution is 2.36. The number of anilines is 1. The third-order valence-corrected chi connectivity index (χ3v) is 4.62. The van der Waals surface area contributed by atoms with Gasteiger partial charge in [-0.25, -0.2) is 4.79 Å². The number of carbonyl (C=O) groups is 2. The second kappa shape index (κ2) is 7.66. The topological polar surface area (TPSA) is 73.9 Å². The molecule has 2 atom stereocenters. The molecular formula is C18H25NO5. The highest BCUT2D eigenvalue weighted by molar-refractivity contribution is 5.99. The van der Waals surface area contributed by atoms with Crippen molar-refractivity contribution in [3.8, 4) is 5.75 Å². The van der Waals surface area contributed by atoms with E-state index in [-0.39, 0.29) is 11.5 Å². The SMILES string of the molecule is COC(=O)c1cc(NC(=O)[C@@]2(OC)CCC[C@H](C)C2)ccc1OC. The quantitative estimate of drug-likeness (QED) is 0.837. The number of nitrogens with one attached hydrogen (secondary N) is 1. The first-order valence-electron chi connectivity index (χ1n) is 8.08. The van der Waals surface area contributed by atoms with E-state index in [0.717, 1.165) is 12.8 Å². The highest BCUT2D eigenvalue weighted by Gasteiger charge is 2.42. The molecule has 0 heterocycles. The van der Waals surface area contributed by atoms with Crippen LogP contribution in [0, 0.1) is 5.92 Å². The van der Waals surface area contributed by atoms with Crippen molar-refractivity contribution in [2.24, 2.45) is 5.92 Å². The molecule has 1 aliphatic carbocycles. The summed E-state index contributed by atoms with van der Waals surface area (Å²) in [6.45, 7) is 2.13. The van der Waals surface area contributed by atoms with Gasteiger partial charge in [-0.15, -0.1) is 0 Å². The summed E-state index contributed by atoms with van der Waals surface area (Å²) in [5.74, 6) is 0.131. The van der Waals surface area contributed by atoms with Crippen molar-refractivity contribution in [1.29, 1.82) is 0 Å². The number of ether oxygens (including phenoxy) is 3. The number of methoxy groups -OCH3 is 3. The maximum atomic E-state index is 12.8. The molecule has 1 N–H and O–H groups in total. The normalized spacial score (nSPS) is 23.4. The summed E-state index contributed by atoms with van der Waals surface area (Å²) >= 11 is 0. The number of hydrogen-bond acceptors (Lipinski definition) is 5. The molecule has 1 aliphatic rings. The van der Waals surface area contributed by atoms with Gasteiger partial charge < -0.3 is 19.5 Å². The first-order chi connectivity index (χ1) is 11.5. The molecule has 6 heteroatoms. The Morgan fingerprint density at radius 1 is 1.25 bits per heavy atom. The second-order valence-corrected chi connectivity index (χ2v) is 6.26. The number of rotatable bonds is 5. The van der Waals surface area contributed by atoms with E-state index >= 15 is 0 Å². The average Bonchev–Trinajstić information content (AvgIpc) is 2.60. The Morgan fingerprint density at radius 2 is 2.00 bits per heavy atom. The molecule has 0 spiro atoms. The van der Waals surface area contributed by atoms with Crippen molar-refractivity contribution in [1.82, 2.24) is 0 Å². The van der Waals surface area contributed by atoms with Gasteiger partial charge in [-0.1, -0.05) is 13.3 Å². The lowest BCUT2D eigenvalue weighted by molar-refractivity contribution is -0.143. The molecule has 0 saturated heterocycles. The molecular weight excluding hydrogens is 310 g/mol. The number of esters is 1. The highest BCUT2D eigenvalue weighted by atomic mass is 16.5. The van der Waals surface area contributed by atoms with Crippen LogP contribution in [0.25, 0.3) is 0 Å². The Hall–Kier alpha value is -2.08. The fraction of sp³-hybridized carbons (Fsp3) is 0.556. The minimum atomic E-state index is -0.816. The average molecular weight is 335 g/mol.